The molecule has 4 amide bonds. The van der Waals surface area contributed by atoms with E-state index in [-0.39, 0.29) is 6.29 Å². The summed E-state index contributed by atoms with van der Waals surface area (Å²) in [5, 5.41) is 264. The first kappa shape index (κ1) is 88.8. The van der Waals surface area contributed by atoms with Crippen LogP contribution in [0.25, 0.3) is 0 Å². The molecule has 0 unspecified atom stereocenters. The monoisotopic (exact) mass is 1550 g/mol. The topological polar surface area (TPSA) is 745 Å². The van der Waals surface area contributed by atoms with E-state index in [1.165, 1.54) is 0 Å². The summed E-state index contributed by atoms with van der Waals surface area (Å²) >= 11 is 0. The maximum Gasteiger partial charge on any atom is 0.364 e. The number of hydrogen-bond acceptors (Lipinski definition) is 42. The van der Waals surface area contributed by atoms with Gasteiger partial charge in [0, 0.05) is 34.1 Å². The van der Waals surface area contributed by atoms with Crippen molar-refractivity contribution in [2.24, 2.45) is 0 Å². The van der Waals surface area contributed by atoms with E-state index in [0.717, 1.165) is 34.6 Å². The number of amides is 4. The van der Waals surface area contributed by atoms with Crippen molar-refractivity contribution in [2.75, 3.05) is 46.2 Å². The largest absolute Gasteiger partial charge is 0.477 e. The number of carbonyl (C=O) groups excluding carboxylic acids is 5. The second kappa shape index (κ2) is 38.7. The molecule has 106 heavy (non-hydrogen) atoms. The number of aliphatic carboxylic acids is 1. The summed E-state index contributed by atoms with van der Waals surface area (Å²) < 4.78 is 82.0. The first-order valence-corrected chi connectivity index (χ1v) is 33.4. The molecule has 7 aliphatic heterocycles. The minimum Gasteiger partial charge on any atom is -0.477 e. The minimum absolute atomic E-state index is 0.103. The molecule has 40 atom stereocenters. The van der Waals surface area contributed by atoms with Crippen molar-refractivity contribution in [3.8, 4) is 0 Å². The van der Waals surface area contributed by atoms with E-state index in [2.05, 4.69) is 21.3 Å². The van der Waals surface area contributed by atoms with Gasteiger partial charge in [0.2, 0.25) is 23.6 Å². The summed E-state index contributed by atoms with van der Waals surface area (Å²) in [4.78, 5) is 75.1. The van der Waals surface area contributed by atoms with Gasteiger partial charge in [-0.2, -0.15) is 0 Å². The van der Waals surface area contributed by atoms with Crippen molar-refractivity contribution < 1.29 is 213 Å². The molecule has 7 aliphatic rings. The number of carbonyl (C=O) groups is 6. The summed E-state index contributed by atoms with van der Waals surface area (Å²) in [5.74, 6) is -9.05. The number of aliphatic hydroxyl groups excluding tert-OH is 22. The van der Waals surface area contributed by atoms with Gasteiger partial charge in [-0.05, 0) is 6.92 Å². The molecule has 47 heteroatoms. The van der Waals surface area contributed by atoms with E-state index >= 15 is 0 Å². The fraction of sp³-hybridized carbons (Fsp3) is 0.898. The Morgan fingerprint density at radius 1 is 0.472 bits per heavy atom. The van der Waals surface area contributed by atoms with Gasteiger partial charge in [-0.1, -0.05) is 0 Å². The summed E-state index contributed by atoms with van der Waals surface area (Å²) in [6.07, 6.45) is -76.5. The predicted molar refractivity (Wildman–Crippen MR) is 328 cm³/mol. The molecule has 0 aliphatic carbocycles. The second-order valence-electron chi connectivity index (χ2n) is 26.4. The Balaban J connectivity index is 1.20. The molecule has 7 saturated heterocycles. The van der Waals surface area contributed by atoms with Gasteiger partial charge in [0.05, 0.1) is 64.5 Å². The van der Waals surface area contributed by atoms with Gasteiger partial charge >= 0.3 is 5.97 Å². The lowest BCUT2D eigenvalue weighted by Crippen LogP contribution is -2.71. The number of aliphatic hydroxyl groups is 22. The Hall–Kier alpha value is -4.42. The number of carboxylic acids is 1. The van der Waals surface area contributed by atoms with Crippen molar-refractivity contribution in [3.05, 3.63) is 0 Å². The van der Waals surface area contributed by atoms with Crippen LogP contribution < -0.4 is 21.3 Å². The molecule has 7 heterocycles. The van der Waals surface area contributed by atoms with Gasteiger partial charge in [-0.15, -0.1) is 0 Å². The standard InChI is InChI=1S/C59H98N4O43/c1-15(71)45(32(78)20(7-64)60-16(2)72)100-52-30(62-18(4)74)38(84)46(26(12-69)97-52)101-55-43(89)49(37(83)28(99-55)14-93-54-42(88)40(86)34(80)23(9-66)94-54)103-57-51(41(87)35(81)24(10-67)96-57)104-53-31(63-19(5)75)39(85)47(27(13-70)98-53)102-56-44(90)50(36(82)25(11-68)95-56)106-59(58(91)92)6-21(76)29(61-17(3)73)48(105-59)33(79)22(77)8-65/h7,15,20-57,65-71,76-90H,6,8-14H2,1-5H3,(H,60,72)(H,61,73)(H,62,74)(H,63,75)(H,91,92)/t15-,20+,21+,22-,23-,24-,25-,26-,27-,28-,29-,30-,31-,32-,33-,34-,35-,36+,37-,38-,39-,40+,41+,42+,43+,44-,45-,46-,47-,48-,49+,50+,51+,52+,53-,54+,55+,56+,57-,59+/m1/s1. The van der Waals surface area contributed by atoms with Crippen LogP contribution in [0.5, 0.6) is 0 Å². The van der Waals surface area contributed by atoms with Crippen LogP contribution in [0.4, 0.5) is 0 Å². The molecular formula is C59H98N4O43. The normalized spacial score (nSPS) is 44.0. The highest BCUT2D eigenvalue weighted by molar-refractivity contribution is 5.78. The lowest BCUT2D eigenvalue weighted by Gasteiger charge is -2.51. The summed E-state index contributed by atoms with van der Waals surface area (Å²) in [6, 6.07) is -7.42. The maximum atomic E-state index is 13.2. The highest BCUT2D eigenvalue weighted by Gasteiger charge is 2.62. The molecule has 7 fully saturated rings. The third kappa shape index (κ3) is 20.1. The van der Waals surface area contributed by atoms with Crippen molar-refractivity contribution in [1.82, 2.24) is 21.3 Å². The van der Waals surface area contributed by atoms with Crippen LogP contribution in [0.15, 0.2) is 0 Å². The third-order valence-corrected chi connectivity index (χ3v) is 18.7. The van der Waals surface area contributed by atoms with Crippen molar-refractivity contribution >= 4 is 35.9 Å². The van der Waals surface area contributed by atoms with Gasteiger partial charge in [-0.25, -0.2) is 4.79 Å². The summed E-state index contributed by atoms with van der Waals surface area (Å²) in [5.41, 5.74) is 0. The van der Waals surface area contributed by atoms with Gasteiger partial charge < -0.3 is 210 Å². The van der Waals surface area contributed by atoms with E-state index in [9.17, 15) is 146 Å². The smallest absolute Gasteiger partial charge is 0.364 e. The lowest BCUT2D eigenvalue weighted by molar-refractivity contribution is -0.399. The number of carboxylic acid groups (broad SMARTS) is 1. The fourth-order valence-electron chi connectivity index (χ4n) is 13.2. The van der Waals surface area contributed by atoms with Crippen LogP contribution in [0.3, 0.4) is 0 Å². The van der Waals surface area contributed by atoms with Crippen LogP contribution in [-0.2, 0) is 95.1 Å². The molecule has 612 valence electrons. The van der Waals surface area contributed by atoms with Crippen molar-refractivity contribution in [3.63, 3.8) is 0 Å². The van der Waals surface area contributed by atoms with Gasteiger partial charge in [0.25, 0.3) is 5.79 Å². The Labute approximate surface area is 600 Å². The molecule has 47 nitrogen and oxygen atoms in total. The molecule has 0 radical (unpaired) electrons. The van der Waals surface area contributed by atoms with Crippen LogP contribution in [-0.4, -0.2) is 444 Å². The maximum absolute atomic E-state index is 13.2. The van der Waals surface area contributed by atoms with Gasteiger partial charge in [0.15, 0.2) is 37.7 Å². The molecule has 0 spiro atoms. The van der Waals surface area contributed by atoms with E-state index < -0.39 is 327 Å². The van der Waals surface area contributed by atoms with Gasteiger partial charge in [0.1, 0.15) is 189 Å². The van der Waals surface area contributed by atoms with Crippen LogP contribution in [0, 0.1) is 0 Å². The molecule has 0 aromatic heterocycles. The number of hydrogen-bond donors (Lipinski definition) is 27. The number of rotatable bonds is 32. The van der Waals surface area contributed by atoms with Crippen LogP contribution in [0.1, 0.15) is 41.0 Å². The predicted octanol–water partition coefficient (Wildman–Crippen LogP) is -17.8. The Bertz CT molecular complexity index is 2830. The Morgan fingerprint density at radius 2 is 0.906 bits per heavy atom. The van der Waals surface area contributed by atoms with E-state index in [0.29, 0.717) is 0 Å². The second-order valence-corrected chi connectivity index (χ2v) is 26.4. The zero-order chi connectivity index (χ0) is 79.0. The molecular weight excluding hydrogens is 1450 g/mol. The number of ether oxygens (including phenoxy) is 14. The highest BCUT2D eigenvalue weighted by atomic mass is 16.8. The first-order chi connectivity index (χ1) is 49.9. The molecule has 0 aromatic rings. The van der Waals surface area contributed by atoms with Crippen molar-refractivity contribution in [1.29, 1.82) is 0 Å². The summed E-state index contributed by atoms with van der Waals surface area (Å²) in [6.45, 7) is -3.17. The summed E-state index contributed by atoms with van der Waals surface area (Å²) in [7, 11) is 0. The molecule has 0 aromatic carbocycles. The average Bonchev–Trinajstić information content (AvgIpc) is 0.764. The molecule has 0 bridgehead atoms. The van der Waals surface area contributed by atoms with E-state index in [1.807, 2.05) is 0 Å². The quantitative estimate of drug-likeness (QED) is 0.0278. The van der Waals surface area contributed by atoms with Crippen molar-refractivity contribution in [2.45, 2.75) is 286 Å². The van der Waals surface area contributed by atoms with Crippen LogP contribution in [0.2, 0.25) is 0 Å². The minimum atomic E-state index is -3.28. The SMILES string of the molecule is CC(=O)N[C@H]1[C@H](O[C@@H]([C@H](O)[C@H](C=O)NC(C)=O)[C@@H](C)O)O[C@H](CO)[C@@H](O[C@@H]2O[C@H](CO[C@H]3O[C@H](CO)[C@@H](O)[C@H](O)[C@@H]3O)[C@@H](O)[C@H](O[C@H]3O[C@H](CO)[C@@H](O)[C@H](O)[C@@H]3O[C@H]3O[C@H](CO)[C@@H](O[C@@H]4O[C@H](CO)[C@H](O)[C@H](O[C@]5(C(=O)O)C[C@H](O)[C@@H](NC(C)=O)[C@H]([C@H](O)[C@H](O)CO)O5)[C@H]4O)[C@H](O)[C@H]3NC(C)=O)[C@@H]2O)[C@@H]1O. The third-order valence-electron chi connectivity index (χ3n) is 18.7. The average molecular weight is 1550 g/mol. The number of nitrogens with one attached hydrogen (secondary N) is 4. The molecule has 7 rings (SSSR count). The Morgan fingerprint density at radius 3 is 1.40 bits per heavy atom. The number of aldehydes is 1. The highest BCUT2D eigenvalue weighted by Crippen LogP contribution is 2.41. The molecule has 0 saturated carbocycles. The van der Waals surface area contributed by atoms with E-state index in [1.54, 1.807) is 0 Å². The van der Waals surface area contributed by atoms with Crippen LogP contribution >= 0.6 is 0 Å². The molecule has 27 N–H and O–H groups in total. The lowest BCUT2D eigenvalue weighted by atomic mass is 9.88. The zero-order valence-corrected chi connectivity index (χ0v) is 57.2. The van der Waals surface area contributed by atoms with E-state index in [4.69, 9.17) is 66.3 Å². The fourth-order valence-corrected chi connectivity index (χ4v) is 13.2. The first-order valence-electron chi connectivity index (χ1n) is 33.4. The van der Waals surface area contributed by atoms with Gasteiger partial charge in [-0.3, -0.25) is 19.2 Å². The zero-order valence-electron chi connectivity index (χ0n) is 57.2. The Kier molecular flexibility index (Phi) is 32.4.